The van der Waals surface area contributed by atoms with Crippen molar-refractivity contribution in [2.24, 2.45) is 11.3 Å². The molecule has 1 heterocycles. The van der Waals surface area contributed by atoms with E-state index in [-0.39, 0.29) is 5.02 Å². The molecule has 1 aliphatic rings. The van der Waals surface area contributed by atoms with Crippen molar-refractivity contribution in [2.75, 3.05) is 0 Å². The van der Waals surface area contributed by atoms with Crippen molar-refractivity contribution >= 4 is 34.2 Å². The van der Waals surface area contributed by atoms with E-state index in [0.717, 1.165) is 17.9 Å². The van der Waals surface area contributed by atoms with Gasteiger partial charge in [-0.3, -0.25) is 0 Å². The van der Waals surface area contributed by atoms with Gasteiger partial charge in [0.15, 0.2) is 0 Å². The van der Waals surface area contributed by atoms with E-state index in [1.54, 1.807) is 6.07 Å². The van der Waals surface area contributed by atoms with Crippen LogP contribution in [0.15, 0.2) is 12.1 Å². The van der Waals surface area contributed by atoms with Gasteiger partial charge in [-0.25, -0.2) is 9.37 Å². The molecule has 1 aliphatic carbocycles. The molecule has 0 aliphatic heterocycles. The molecule has 0 N–H and O–H groups in total. The molecule has 1 saturated carbocycles. The smallest absolute Gasteiger partial charge is 0.144 e. The molecular formula is C15H17Cl2FN2. The highest BCUT2D eigenvalue weighted by Crippen LogP contribution is 2.53. The summed E-state index contributed by atoms with van der Waals surface area (Å²) in [4.78, 5) is 4.44. The summed E-state index contributed by atoms with van der Waals surface area (Å²) in [5, 5.41) is 0.133. The van der Waals surface area contributed by atoms with Gasteiger partial charge < -0.3 is 4.57 Å². The molecule has 20 heavy (non-hydrogen) atoms. The minimum absolute atomic E-state index is 0.133. The van der Waals surface area contributed by atoms with E-state index < -0.39 is 5.82 Å². The number of alkyl halides is 1. The largest absolute Gasteiger partial charge is 0.326 e. The van der Waals surface area contributed by atoms with Gasteiger partial charge in [0.25, 0.3) is 0 Å². The number of fused-ring (bicyclic) bond motifs is 1. The first kappa shape index (κ1) is 14.2. The third-order valence-electron chi connectivity index (χ3n) is 4.58. The number of nitrogens with zero attached hydrogens (tertiary/aromatic N) is 2. The standard InChI is InChI=1S/C15H17Cl2FN2/c1-9(2)15(3-4-15)8-20-13-5-10(17)11(18)6-12(13)19-14(20)7-16/h5-6,9H,3-4,7-8H2,1-2H3. The Morgan fingerprint density at radius 2 is 2.10 bits per heavy atom. The van der Waals surface area contributed by atoms with E-state index in [1.165, 1.54) is 18.9 Å². The first-order chi connectivity index (χ1) is 9.47. The van der Waals surface area contributed by atoms with Gasteiger partial charge in [-0.15, -0.1) is 11.6 Å². The number of aromatic nitrogens is 2. The van der Waals surface area contributed by atoms with Crippen molar-refractivity contribution in [3.63, 3.8) is 0 Å². The molecule has 3 rings (SSSR count). The van der Waals surface area contributed by atoms with Crippen LogP contribution < -0.4 is 0 Å². The van der Waals surface area contributed by atoms with Crippen molar-refractivity contribution in [1.29, 1.82) is 0 Å². The van der Waals surface area contributed by atoms with E-state index >= 15 is 0 Å². The Morgan fingerprint density at radius 1 is 1.40 bits per heavy atom. The van der Waals surface area contributed by atoms with Gasteiger partial charge in [-0.1, -0.05) is 25.4 Å². The Hall–Kier alpha value is -0.800. The van der Waals surface area contributed by atoms with E-state index in [0.29, 0.717) is 22.7 Å². The molecule has 1 fully saturated rings. The molecule has 0 bridgehead atoms. The minimum Gasteiger partial charge on any atom is -0.326 e. The molecule has 108 valence electrons. The number of hydrogen-bond acceptors (Lipinski definition) is 1. The second-order valence-corrected chi connectivity index (χ2v) is 6.69. The highest BCUT2D eigenvalue weighted by molar-refractivity contribution is 6.31. The lowest BCUT2D eigenvalue weighted by Gasteiger charge is -2.21. The van der Waals surface area contributed by atoms with Gasteiger partial charge in [0.1, 0.15) is 11.6 Å². The first-order valence-corrected chi connectivity index (χ1v) is 7.78. The molecule has 1 aromatic carbocycles. The number of halogens is 3. The monoisotopic (exact) mass is 314 g/mol. The SMILES string of the molecule is CC(C)C1(Cn2c(CCl)nc3cc(F)c(Cl)cc32)CC1. The third kappa shape index (κ3) is 2.21. The summed E-state index contributed by atoms with van der Waals surface area (Å²) in [5.41, 5.74) is 1.83. The number of imidazole rings is 1. The summed E-state index contributed by atoms with van der Waals surface area (Å²) in [6.07, 6.45) is 2.45. The predicted octanol–water partition coefficient (Wildman–Crippen LogP) is 5.00. The Bertz CT molecular complexity index is 659. The fourth-order valence-corrected chi connectivity index (χ4v) is 3.20. The molecule has 1 aromatic heterocycles. The van der Waals surface area contributed by atoms with Crippen LogP contribution in [0.4, 0.5) is 4.39 Å². The molecular weight excluding hydrogens is 298 g/mol. The van der Waals surface area contributed by atoms with Crippen LogP contribution in [0.2, 0.25) is 5.02 Å². The quantitative estimate of drug-likeness (QED) is 0.726. The van der Waals surface area contributed by atoms with Gasteiger partial charge in [0, 0.05) is 12.6 Å². The van der Waals surface area contributed by atoms with Crippen LogP contribution in [-0.2, 0) is 12.4 Å². The van der Waals surface area contributed by atoms with Crippen LogP contribution in [-0.4, -0.2) is 9.55 Å². The van der Waals surface area contributed by atoms with Crippen LogP contribution in [0.25, 0.3) is 11.0 Å². The molecule has 0 radical (unpaired) electrons. The summed E-state index contributed by atoms with van der Waals surface area (Å²) in [7, 11) is 0. The first-order valence-electron chi connectivity index (χ1n) is 6.87. The average Bonchev–Trinajstić information content (AvgIpc) is 3.12. The number of benzene rings is 1. The Labute approximate surface area is 127 Å². The Kier molecular flexibility index (Phi) is 3.46. The van der Waals surface area contributed by atoms with Crippen LogP contribution >= 0.6 is 23.2 Å². The highest BCUT2D eigenvalue weighted by Gasteiger charge is 2.46. The Morgan fingerprint density at radius 3 is 2.65 bits per heavy atom. The lowest BCUT2D eigenvalue weighted by molar-refractivity contribution is 0.309. The summed E-state index contributed by atoms with van der Waals surface area (Å²) in [5.74, 6) is 1.28. The van der Waals surface area contributed by atoms with Gasteiger partial charge in [0.05, 0.1) is 21.9 Å². The lowest BCUT2D eigenvalue weighted by atomic mass is 9.92. The zero-order valence-electron chi connectivity index (χ0n) is 11.6. The van der Waals surface area contributed by atoms with Crippen molar-refractivity contribution in [2.45, 2.75) is 39.1 Å². The molecule has 5 heteroatoms. The summed E-state index contributed by atoms with van der Waals surface area (Å²) in [6.45, 7) is 5.38. The highest BCUT2D eigenvalue weighted by atomic mass is 35.5. The van der Waals surface area contributed by atoms with Crippen LogP contribution in [0.5, 0.6) is 0 Å². The summed E-state index contributed by atoms with van der Waals surface area (Å²) >= 11 is 11.9. The molecule has 2 nitrogen and oxygen atoms in total. The molecule has 0 saturated heterocycles. The predicted molar refractivity (Wildman–Crippen MR) is 80.8 cm³/mol. The zero-order valence-corrected chi connectivity index (χ0v) is 13.1. The number of rotatable bonds is 4. The van der Waals surface area contributed by atoms with Gasteiger partial charge >= 0.3 is 0 Å². The maximum Gasteiger partial charge on any atom is 0.144 e. The van der Waals surface area contributed by atoms with Crippen molar-refractivity contribution in [1.82, 2.24) is 9.55 Å². The van der Waals surface area contributed by atoms with Crippen LogP contribution in [0.3, 0.4) is 0 Å². The van der Waals surface area contributed by atoms with Gasteiger partial charge in [0.2, 0.25) is 0 Å². The topological polar surface area (TPSA) is 17.8 Å². The normalized spacial score (nSPS) is 17.1. The van der Waals surface area contributed by atoms with Crippen molar-refractivity contribution in [3.8, 4) is 0 Å². The van der Waals surface area contributed by atoms with Crippen molar-refractivity contribution in [3.05, 3.63) is 28.8 Å². The third-order valence-corrected chi connectivity index (χ3v) is 5.11. The Balaban J connectivity index is 2.11. The molecule has 0 spiro atoms. The molecule has 0 amide bonds. The van der Waals surface area contributed by atoms with Gasteiger partial charge in [-0.2, -0.15) is 0 Å². The maximum atomic E-state index is 13.6. The summed E-state index contributed by atoms with van der Waals surface area (Å²) in [6, 6.07) is 3.05. The van der Waals surface area contributed by atoms with Gasteiger partial charge in [-0.05, 0) is 30.2 Å². The minimum atomic E-state index is -0.435. The average molecular weight is 315 g/mol. The maximum absolute atomic E-state index is 13.6. The van der Waals surface area contributed by atoms with E-state index in [4.69, 9.17) is 23.2 Å². The second-order valence-electron chi connectivity index (χ2n) is 6.02. The van der Waals surface area contributed by atoms with Crippen LogP contribution in [0.1, 0.15) is 32.5 Å². The summed E-state index contributed by atoms with van der Waals surface area (Å²) < 4.78 is 15.7. The second kappa shape index (κ2) is 4.88. The number of hydrogen-bond donors (Lipinski definition) is 0. The van der Waals surface area contributed by atoms with E-state index in [2.05, 4.69) is 23.4 Å². The lowest BCUT2D eigenvalue weighted by Crippen LogP contribution is -2.19. The van der Waals surface area contributed by atoms with E-state index in [1.807, 2.05) is 0 Å². The fourth-order valence-electron chi connectivity index (χ4n) is 2.84. The molecule has 0 atom stereocenters. The van der Waals surface area contributed by atoms with Crippen molar-refractivity contribution < 1.29 is 4.39 Å². The zero-order chi connectivity index (χ0) is 14.5. The van der Waals surface area contributed by atoms with Crippen LogP contribution in [0, 0.1) is 17.2 Å². The van der Waals surface area contributed by atoms with E-state index in [9.17, 15) is 4.39 Å². The molecule has 2 aromatic rings. The molecule has 0 unspecified atom stereocenters. The fraction of sp³-hybridized carbons (Fsp3) is 0.533.